The third-order valence-electron chi connectivity index (χ3n) is 5.03. The van der Waals surface area contributed by atoms with Gasteiger partial charge in [0.2, 0.25) is 0 Å². The van der Waals surface area contributed by atoms with E-state index in [0.717, 1.165) is 37.7 Å². The van der Waals surface area contributed by atoms with Gasteiger partial charge in [0.25, 0.3) is 0 Å². The van der Waals surface area contributed by atoms with Gasteiger partial charge < -0.3 is 15.4 Å². The number of halogens is 1. The summed E-state index contributed by atoms with van der Waals surface area (Å²) in [5.74, 6) is 0.809. The highest BCUT2D eigenvalue weighted by Gasteiger charge is 2.02. The van der Waals surface area contributed by atoms with Crippen LogP contribution in [0.25, 0.3) is 0 Å². The molecular weight excluding hydrogens is 513 g/mol. The van der Waals surface area contributed by atoms with E-state index < -0.39 is 0 Å². The van der Waals surface area contributed by atoms with Gasteiger partial charge in [0.15, 0.2) is 5.96 Å². The molecule has 7 heteroatoms. The normalized spacial score (nSPS) is 11.2. The van der Waals surface area contributed by atoms with E-state index in [1.807, 2.05) is 25.1 Å². The molecule has 0 unspecified atom stereocenters. The highest BCUT2D eigenvalue weighted by Crippen LogP contribution is 2.08. The van der Waals surface area contributed by atoms with Crippen LogP contribution >= 0.6 is 24.0 Å². The third kappa shape index (κ3) is 8.63. The second-order valence-corrected chi connectivity index (χ2v) is 7.65. The van der Waals surface area contributed by atoms with E-state index in [9.17, 15) is 0 Å². The van der Waals surface area contributed by atoms with Gasteiger partial charge in [0.1, 0.15) is 0 Å². The molecule has 0 aliphatic rings. The number of ether oxygens (including phenoxy) is 1. The number of nitrogens with one attached hydrogen (secondary N) is 2. The van der Waals surface area contributed by atoms with Gasteiger partial charge >= 0.3 is 0 Å². The smallest absolute Gasteiger partial charge is 0.191 e. The summed E-state index contributed by atoms with van der Waals surface area (Å²) in [5.41, 5.74) is 5.84. The van der Waals surface area contributed by atoms with Crippen molar-refractivity contribution in [3.05, 3.63) is 88.7 Å². The minimum atomic E-state index is 0. The van der Waals surface area contributed by atoms with Crippen LogP contribution in [0.4, 0.5) is 0 Å². The Morgan fingerprint density at radius 1 is 0.938 bits per heavy atom. The summed E-state index contributed by atoms with van der Waals surface area (Å²) in [6, 6.07) is 20.8. The minimum Gasteiger partial charge on any atom is -0.372 e. The van der Waals surface area contributed by atoms with E-state index in [-0.39, 0.29) is 24.0 Å². The summed E-state index contributed by atoms with van der Waals surface area (Å²) in [4.78, 5) is 4.31. The second-order valence-electron chi connectivity index (χ2n) is 7.65. The lowest BCUT2D eigenvalue weighted by Crippen LogP contribution is -2.37. The van der Waals surface area contributed by atoms with Crippen molar-refractivity contribution >= 4 is 29.9 Å². The van der Waals surface area contributed by atoms with E-state index in [0.29, 0.717) is 13.2 Å². The first-order valence-electron chi connectivity index (χ1n) is 10.8. The number of aliphatic imine (C=N–C) groups is 1. The highest BCUT2D eigenvalue weighted by atomic mass is 127. The van der Waals surface area contributed by atoms with Crippen LogP contribution in [0.15, 0.2) is 65.7 Å². The summed E-state index contributed by atoms with van der Waals surface area (Å²) < 4.78 is 7.86. The molecule has 0 spiro atoms. The highest BCUT2D eigenvalue weighted by molar-refractivity contribution is 14.0. The Balaban J connectivity index is 0.00000363. The van der Waals surface area contributed by atoms with E-state index in [4.69, 9.17) is 4.74 Å². The lowest BCUT2D eigenvalue weighted by molar-refractivity contribution is 0.107. The van der Waals surface area contributed by atoms with Crippen LogP contribution in [-0.4, -0.2) is 29.3 Å². The second kappa shape index (κ2) is 13.9. The predicted molar refractivity (Wildman–Crippen MR) is 141 cm³/mol. The number of aromatic nitrogens is 2. The summed E-state index contributed by atoms with van der Waals surface area (Å²) in [6.07, 6.45) is 0.986. The van der Waals surface area contributed by atoms with E-state index >= 15 is 0 Å². The molecule has 0 saturated heterocycles. The Bertz CT molecular complexity index is 954. The van der Waals surface area contributed by atoms with Gasteiger partial charge in [-0.1, -0.05) is 54.6 Å². The van der Waals surface area contributed by atoms with Gasteiger partial charge in [-0.15, -0.1) is 24.0 Å². The zero-order valence-corrected chi connectivity index (χ0v) is 21.5. The molecular formula is C25H34IN5O. The predicted octanol–water partition coefficient (Wildman–Crippen LogP) is 4.59. The topological polar surface area (TPSA) is 63.5 Å². The van der Waals surface area contributed by atoms with Crippen LogP contribution < -0.4 is 10.6 Å². The van der Waals surface area contributed by atoms with Crippen LogP contribution in [0.1, 0.15) is 34.5 Å². The summed E-state index contributed by atoms with van der Waals surface area (Å²) in [6.45, 7) is 7.83. The number of hydrogen-bond acceptors (Lipinski definition) is 3. The number of rotatable bonds is 10. The van der Waals surface area contributed by atoms with Gasteiger partial charge in [-0.2, -0.15) is 5.10 Å². The molecule has 0 saturated carbocycles. The van der Waals surface area contributed by atoms with Crippen molar-refractivity contribution in [3.8, 4) is 0 Å². The fourth-order valence-corrected chi connectivity index (χ4v) is 3.36. The van der Waals surface area contributed by atoms with Crippen molar-refractivity contribution in [2.45, 2.75) is 46.6 Å². The molecule has 32 heavy (non-hydrogen) atoms. The summed E-state index contributed by atoms with van der Waals surface area (Å²) >= 11 is 0. The fraction of sp³-hybridized carbons (Fsp3) is 0.360. The van der Waals surface area contributed by atoms with Crippen LogP contribution in [0.2, 0.25) is 0 Å². The number of benzene rings is 2. The van der Waals surface area contributed by atoms with Crippen molar-refractivity contribution in [2.75, 3.05) is 13.6 Å². The molecule has 0 atom stereocenters. The van der Waals surface area contributed by atoms with E-state index in [1.54, 1.807) is 7.05 Å². The molecule has 3 aromatic rings. The average Bonchev–Trinajstić information content (AvgIpc) is 3.11. The Morgan fingerprint density at radius 2 is 1.59 bits per heavy atom. The average molecular weight is 547 g/mol. The minimum absolute atomic E-state index is 0. The third-order valence-corrected chi connectivity index (χ3v) is 5.03. The molecule has 0 aliphatic carbocycles. The van der Waals surface area contributed by atoms with Gasteiger partial charge in [-0.25, -0.2) is 0 Å². The maximum atomic E-state index is 5.81. The van der Waals surface area contributed by atoms with Crippen molar-refractivity contribution in [1.29, 1.82) is 0 Å². The van der Waals surface area contributed by atoms with E-state index in [1.165, 1.54) is 22.4 Å². The van der Waals surface area contributed by atoms with Crippen molar-refractivity contribution < 1.29 is 4.74 Å². The van der Waals surface area contributed by atoms with Gasteiger partial charge in [-0.3, -0.25) is 9.67 Å². The summed E-state index contributed by atoms with van der Waals surface area (Å²) in [7, 11) is 1.80. The van der Waals surface area contributed by atoms with Gasteiger partial charge in [-0.05, 0) is 43.0 Å². The number of guanidine groups is 1. The van der Waals surface area contributed by atoms with Crippen molar-refractivity contribution in [3.63, 3.8) is 0 Å². The zero-order chi connectivity index (χ0) is 21.9. The van der Waals surface area contributed by atoms with Crippen LogP contribution in [0, 0.1) is 13.8 Å². The molecule has 172 valence electrons. The molecule has 0 amide bonds. The molecule has 6 nitrogen and oxygen atoms in total. The fourth-order valence-electron chi connectivity index (χ4n) is 3.36. The Kier molecular flexibility index (Phi) is 11.2. The van der Waals surface area contributed by atoms with E-state index in [2.05, 4.69) is 74.8 Å². The Morgan fingerprint density at radius 3 is 2.22 bits per heavy atom. The first kappa shape index (κ1) is 25.9. The van der Waals surface area contributed by atoms with Crippen LogP contribution in [-0.2, 0) is 31.0 Å². The molecule has 1 heterocycles. The number of hydrogen-bond donors (Lipinski definition) is 2. The van der Waals surface area contributed by atoms with Crippen LogP contribution in [0.3, 0.4) is 0 Å². The van der Waals surface area contributed by atoms with Crippen molar-refractivity contribution in [2.24, 2.45) is 4.99 Å². The SMILES string of the molecule is CN=C(NCCCn1nc(C)cc1C)NCc1ccc(COCc2ccccc2)cc1.I. The zero-order valence-electron chi connectivity index (χ0n) is 19.2. The first-order chi connectivity index (χ1) is 15.1. The maximum absolute atomic E-state index is 5.81. The van der Waals surface area contributed by atoms with Crippen LogP contribution in [0.5, 0.6) is 0 Å². The molecule has 0 radical (unpaired) electrons. The molecule has 3 rings (SSSR count). The number of aryl methyl sites for hydroxylation is 3. The van der Waals surface area contributed by atoms with Crippen molar-refractivity contribution in [1.82, 2.24) is 20.4 Å². The largest absolute Gasteiger partial charge is 0.372 e. The van der Waals surface area contributed by atoms with Gasteiger partial charge in [0, 0.05) is 32.4 Å². The molecule has 0 fully saturated rings. The standard InChI is InChI=1S/C25H33N5O.HI/c1-20-16-21(2)30(29-20)15-7-14-27-25(26-3)28-17-22-10-12-24(13-11-22)19-31-18-23-8-5-4-6-9-23;/h4-6,8-13,16H,7,14-15,17-19H2,1-3H3,(H2,26,27,28);1H. The lowest BCUT2D eigenvalue weighted by Gasteiger charge is -2.12. The molecule has 1 aromatic heterocycles. The first-order valence-corrected chi connectivity index (χ1v) is 10.8. The lowest BCUT2D eigenvalue weighted by atomic mass is 10.1. The maximum Gasteiger partial charge on any atom is 0.191 e. The Hall–Kier alpha value is -2.39. The Labute approximate surface area is 208 Å². The summed E-state index contributed by atoms with van der Waals surface area (Å²) in [5, 5.41) is 11.2. The molecule has 2 N–H and O–H groups in total. The molecule has 0 bridgehead atoms. The quantitative estimate of drug-likeness (QED) is 0.169. The molecule has 0 aliphatic heterocycles. The van der Waals surface area contributed by atoms with Gasteiger partial charge in [0.05, 0.1) is 18.9 Å². The number of nitrogens with zero attached hydrogens (tertiary/aromatic N) is 3. The molecule has 2 aromatic carbocycles. The monoisotopic (exact) mass is 547 g/mol.